The van der Waals surface area contributed by atoms with Crippen LogP contribution in [-0.2, 0) is 0 Å². The van der Waals surface area contributed by atoms with Crippen molar-refractivity contribution in [1.82, 2.24) is 9.97 Å². The Labute approximate surface area is 121 Å². The van der Waals surface area contributed by atoms with Gasteiger partial charge in [-0.1, -0.05) is 18.5 Å². The van der Waals surface area contributed by atoms with E-state index in [9.17, 15) is 0 Å². The van der Waals surface area contributed by atoms with Gasteiger partial charge in [-0.25, -0.2) is 4.98 Å². The summed E-state index contributed by atoms with van der Waals surface area (Å²) >= 11 is 6.20. The number of rotatable bonds is 3. The Hall–Kier alpha value is -1.95. The van der Waals surface area contributed by atoms with E-state index in [4.69, 9.17) is 26.8 Å². The minimum atomic E-state index is 0.198. The third-order valence-electron chi connectivity index (χ3n) is 2.99. The van der Waals surface area contributed by atoms with Gasteiger partial charge in [0, 0.05) is 6.54 Å². The van der Waals surface area contributed by atoms with Crippen LogP contribution in [-0.4, -0.2) is 29.7 Å². The van der Waals surface area contributed by atoms with E-state index in [-0.39, 0.29) is 5.95 Å². The fourth-order valence-corrected chi connectivity index (χ4v) is 2.41. The number of hydrogen-bond donors (Lipinski definition) is 2. The summed E-state index contributed by atoms with van der Waals surface area (Å²) in [4.78, 5) is 8.47. The van der Waals surface area contributed by atoms with Crippen molar-refractivity contribution in [3.8, 4) is 11.5 Å². The van der Waals surface area contributed by atoms with Crippen molar-refractivity contribution in [2.75, 3.05) is 30.8 Å². The second-order valence-corrected chi connectivity index (χ2v) is 4.87. The van der Waals surface area contributed by atoms with Crippen molar-refractivity contribution in [3.63, 3.8) is 0 Å². The second-order valence-electron chi connectivity index (χ2n) is 4.46. The van der Waals surface area contributed by atoms with Gasteiger partial charge < -0.3 is 20.5 Å². The molecule has 1 aliphatic rings. The summed E-state index contributed by atoms with van der Waals surface area (Å²) in [5, 5.41) is 4.46. The lowest BCUT2D eigenvalue weighted by Gasteiger charge is -2.22. The average Bonchev–Trinajstić information content (AvgIpc) is 2.44. The van der Waals surface area contributed by atoms with E-state index in [0.29, 0.717) is 41.1 Å². The fourth-order valence-electron chi connectivity index (χ4n) is 2.16. The maximum absolute atomic E-state index is 6.20. The monoisotopic (exact) mass is 294 g/mol. The van der Waals surface area contributed by atoms with Crippen molar-refractivity contribution in [3.05, 3.63) is 11.1 Å². The molecule has 6 nitrogen and oxygen atoms in total. The van der Waals surface area contributed by atoms with Gasteiger partial charge >= 0.3 is 0 Å². The number of hydrogen-bond acceptors (Lipinski definition) is 6. The maximum Gasteiger partial charge on any atom is 0.222 e. The number of aromatic nitrogens is 2. The van der Waals surface area contributed by atoms with E-state index >= 15 is 0 Å². The van der Waals surface area contributed by atoms with Crippen LogP contribution in [0.2, 0.25) is 5.02 Å². The van der Waals surface area contributed by atoms with Crippen LogP contribution in [0.5, 0.6) is 11.5 Å². The van der Waals surface area contributed by atoms with Crippen molar-refractivity contribution in [2.45, 2.75) is 13.3 Å². The Morgan fingerprint density at radius 3 is 2.80 bits per heavy atom. The molecule has 0 saturated carbocycles. The normalized spacial score (nSPS) is 13.5. The molecule has 0 unspecified atom stereocenters. The molecular weight excluding hydrogens is 280 g/mol. The van der Waals surface area contributed by atoms with Crippen LogP contribution in [0.15, 0.2) is 6.07 Å². The molecular formula is C13H15ClN4O2. The number of nitrogen functional groups attached to an aromatic ring is 1. The van der Waals surface area contributed by atoms with E-state index in [1.165, 1.54) is 0 Å². The Morgan fingerprint density at radius 1 is 1.30 bits per heavy atom. The van der Waals surface area contributed by atoms with Crippen molar-refractivity contribution in [2.24, 2.45) is 0 Å². The molecule has 2 heterocycles. The van der Waals surface area contributed by atoms with E-state index < -0.39 is 0 Å². The first-order chi connectivity index (χ1) is 9.70. The molecule has 1 aromatic heterocycles. The molecule has 2 aromatic rings. The SMILES string of the molecule is CCCNc1nc(N)nc2cc(Cl)c3c(c12)OCCO3. The van der Waals surface area contributed by atoms with Crippen LogP contribution in [0.1, 0.15) is 13.3 Å². The van der Waals surface area contributed by atoms with Crippen molar-refractivity contribution < 1.29 is 9.47 Å². The minimum Gasteiger partial charge on any atom is -0.485 e. The number of fused-ring (bicyclic) bond motifs is 3. The Balaban J connectivity index is 2.26. The van der Waals surface area contributed by atoms with Crippen LogP contribution >= 0.6 is 11.6 Å². The molecule has 0 aliphatic carbocycles. The standard InChI is InChI=1S/C13H15ClN4O2/c1-2-3-16-12-9-8(17-13(15)18-12)6-7(14)10-11(9)20-5-4-19-10/h6H,2-5H2,1H3,(H3,15,16,17,18). The van der Waals surface area contributed by atoms with Crippen LogP contribution in [0.4, 0.5) is 11.8 Å². The summed E-state index contributed by atoms with van der Waals surface area (Å²) < 4.78 is 11.3. The van der Waals surface area contributed by atoms with Crippen molar-refractivity contribution in [1.29, 1.82) is 0 Å². The predicted molar refractivity (Wildman–Crippen MR) is 78.7 cm³/mol. The molecule has 3 N–H and O–H groups in total. The molecule has 20 heavy (non-hydrogen) atoms. The second kappa shape index (κ2) is 5.20. The molecule has 0 saturated heterocycles. The summed E-state index contributed by atoms with van der Waals surface area (Å²) in [6, 6.07) is 1.72. The summed E-state index contributed by atoms with van der Waals surface area (Å²) in [6.07, 6.45) is 0.971. The molecule has 0 radical (unpaired) electrons. The molecule has 0 atom stereocenters. The van der Waals surface area contributed by atoms with Gasteiger partial charge in [-0.3, -0.25) is 0 Å². The number of benzene rings is 1. The van der Waals surface area contributed by atoms with Gasteiger partial charge in [-0.15, -0.1) is 0 Å². The minimum absolute atomic E-state index is 0.198. The highest BCUT2D eigenvalue weighted by Gasteiger charge is 2.23. The number of nitrogens with two attached hydrogens (primary N) is 1. The zero-order valence-corrected chi connectivity index (χ0v) is 11.8. The van der Waals surface area contributed by atoms with Gasteiger partial charge in [0.15, 0.2) is 11.5 Å². The maximum atomic E-state index is 6.20. The van der Waals surface area contributed by atoms with Crippen LogP contribution in [0, 0.1) is 0 Å². The zero-order chi connectivity index (χ0) is 14.1. The van der Waals surface area contributed by atoms with Gasteiger partial charge in [0.2, 0.25) is 5.95 Å². The molecule has 1 aromatic carbocycles. The highest BCUT2D eigenvalue weighted by Crippen LogP contribution is 2.45. The first-order valence-electron chi connectivity index (χ1n) is 6.50. The van der Waals surface area contributed by atoms with Gasteiger partial charge in [-0.05, 0) is 12.5 Å². The third-order valence-corrected chi connectivity index (χ3v) is 3.27. The first-order valence-corrected chi connectivity index (χ1v) is 6.87. The van der Waals surface area contributed by atoms with Crippen molar-refractivity contribution >= 4 is 34.3 Å². The Bertz CT molecular complexity index is 663. The summed E-state index contributed by atoms with van der Waals surface area (Å²) in [6.45, 7) is 3.81. The van der Waals surface area contributed by atoms with E-state index in [1.54, 1.807) is 6.07 Å². The number of nitrogens with one attached hydrogen (secondary N) is 1. The molecule has 0 bridgehead atoms. The summed E-state index contributed by atoms with van der Waals surface area (Å²) in [5.41, 5.74) is 6.39. The molecule has 0 amide bonds. The Morgan fingerprint density at radius 2 is 2.05 bits per heavy atom. The summed E-state index contributed by atoms with van der Waals surface area (Å²) in [7, 11) is 0. The number of ether oxygens (including phenoxy) is 2. The Kier molecular flexibility index (Phi) is 3.40. The molecule has 7 heteroatoms. The molecule has 1 aliphatic heterocycles. The smallest absolute Gasteiger partial charge is 0.222 e. The number of anilines is 2. The fraction of sp³-hybridized carbons (Fsp3) is 0.385. The van der Waals surface area contributed by atoms with Gasteiger partial charge in [0.1, 0.15) is 19.0 Å². The summed E-state index contributed by atoms with van der Waals surface area (Å²) in [5.74, 6) is 1.97. The lowest BCUT2D eigenvalue weighted by Crippen LogP contribution is -2.17. The average molecular weight is 295 g/mol. The van der Waals surface area contributed by atoms with Crippen LogP contribution in [0.25, 0.3) is 10.9 Å². The molecule has 0 spiro atoms. The third kappa shape index (κ3) is 2.16. The van der Waals surface area contributed by atoms with Gasteiger partial charge in [-0.2, -0.15) is 4.98 Å². The van der Waals surface area contributed by atoms with E-state index in [2.05, 4.69) is 22.2 Å². The number of halogens is 1. The van der Waals surface area contributed by atoms with Gasteiger partial charge in [0.25, 0.3) is 0 Å². The lowest BCUT2D eigenvalue weighted by molar-refractivity contribution is 0.174. The molecule has 0 fully saturated rings. The highest BCUT2D eigenvalue weighted by atomic mass is 35.5. The zero-order valence-electron chi connectivity index (χ0n) is 11.1. The lowest BCUT2D eigenvalue weighted by atomic mass is 10.2. The largest absolute Gasteiger partial charge is 0.485 e. The predicted octanol–water partition coefficient (Wildman–Crippen LogP) is 2.46. The van der Waals surface area contributed by atoms with Crippen LogP contribution < -0.4 is 20.5 Å². The van der Waals surface area contributed by atoms with E-state index in [0.717, 1.165) is 18.4 Å². The first kappa shape index (κ1) is 13.1. The topological polar surface area (TPSA) is 82.3 Å². The van der Waals surface area contributed by atoms with Gasteiger partial charge in [0.05, 0.1) is 15.9 Å². The van der Waals surface area contributed by atoms with E-state index in [1.807, 2.05) is 0 Å². The molecule has 3 rings (SSSR count). The van der Waals surface area contributed by atoms with Crippen LogP contribution in [0.3, 0.4) is 0 Å². The quantitative estimate of drug-likeness (QED) is 0.905. The number of nitrogens with zero attached hydrogens (tertiary/aromatic N) is 2. The highest BCUT2D eigenvalue weighted by molar-refractivity contribution is 6.33. The molecule has 106 valence electrons.